The van der Waals surface area contributed by atoms with Crippen LogP contribution in [0.15, 0.2) is 76.6 Å². The number of benzene rings is 2. The average Bonchev–Trinajstić information content (AvgIpc) is 3.61. The van der Waals surface area contributed by atoms with E-state index in [-0.39, 0.29) is 18.4 Å². The summed E-state index contributed by atoms with van der Waals surface area (Å²) in [6, 6.07) is 21.3. The lowest BCUT2D eigenvalue weighted by Crippen LogP contribution is -2.50. The average molecular weight is 488 g/mol. The van der Waals surface area contributed by atoms with Crippen LogP contribution in [0, 0.1) is 0 Å². The molecule has 9 heteroatoms. The second-order valence-electron chi connectivity index (χ2n) is 8.27. The molecule has 1 N–H and O–H groups in total. The van der Waals surface area contributed by atoms with Crippen molar-refractivity contribution in [2.45, 2.75) is 6.54 Å². The summed E-state index contributed by atoms with van der Waals surface area (Å²) in [6.45, 7) is 3.12. The first-order chi connectivity index (χ1) is 17.2. The maximum absolute atomic E-state index is 12.6. The Balaban J connectivity index is 1.06. The molecule has 2 aromatic heterocycles. The van der Waals surface area contributed by atoms with Crippen molar-refractivity contribution in [2.75, 3.05) is 32.7 Å². The zero-order valence-electron chi connectivity index (χ0n) is 19.1. The van der Waals surface area contributed by atoms with Gasteiger partial charge in [0, 0.05) is 31.7 Å². The van der Waals surface area contributed by atoms with Crippen LogP contribution in [0.2, 0.25) is 0 Å². The summed E-state index contributed by atoms with van der Waals surface area (Å²) < 4.78 is 5.38. The maximum Gasteiger partial charge on any atom is 0.251 e. The number of carbonyl (C=O) groups excluding carboxylic acids is 2. The molecule has 0 radical (unpaired) electrons. The Morgan fingerprint density at radius 1 is 0.914 bits per heavy atom. The van der Waals surface area contributed by atoms with Gasteiger partial charge in [-0.1, -0.05) is 53.7 Å². The minimum absolute atomic E-state index is 0.0207. The number of thiophene rings is 1. The topological polar surface area (TPSA) is 91.6 Å². The van der Waals surface area contributed by atoms with Crippen molar-refractivity contribution in [3.8, 4) is 21.8 Å². The van der Waals surface area contributed by atoms with E-state index in [1.165, 1.54) is 0 Å². The molecule has 3 heterocycles. The van der Waals surface area contributed by atoms with Crippen LogP contribution < -0.4 is 5.32 Å². The molecule has 0 atom stereocenters. The third-order valence-corrected chi connectivity index (χ3v) is 6.81. The van der Waals surface area contributed by atoms with Gasteiger partial charge in [0.05, 0.1) is 18.0 Å². The number of amides is 2. The lowest BCUT2D eigenvalue weighted by atomic mass is 10.0. The van der Waals surface area contributed by atoms with Crippen molar-refractivity contribution in [3.63, 3.8) is 0 Å². The number of aromatic nitrogens is 2. The quantitative estimate of drug-likeness (QED) is 0.429. The first kappa shape index (κ1) is 22.9. The smallest absolute Gasteiger partial charge is 0.251 e. The second-order valence-corrected chi connectivity index (χ2v) is 9.22. The number of piperazine rings is 1. The molecule has 2 amide bonds. The molecule has 1 aliphatic heterocycles. The molecule has 0 unspecified atom stereocenters. The molecule has 0 spiro atoms. The number of hydrogen-bond acceptors (Lipinski definition) is 7. The third kappa shape index (κ3) is 5.64. The molecule has 1 saturated heterocycles. The molecule has 8 nitrogen and oxygen atoms in total. The fourth-order valence-electron chi connectivity index (χ4n) is 3.99. The Labute approximate surface area is 207 Å². The van der Waals surface area contributed by atoms with Gasteiger partial charge in [0.25, 0.3) is 5.91 Å². The monoisotopic (exact) mass is 487 g/mol. The highest BCUT2D eigenvalue weighted by molar-refractivity contribution is 7.13. The Morgan fingerprint density at radius 2 is 1.66 bits per heavy atom. The van der Waals surface area contributed by atoms with Crippen LogP contribution in [-0.4, -0.2) is 64.5 Å². The van der Waals surface area contributed by atoms with E-state index in [1.807, 2.05) is 60.0 Å². The predicted molar refractivity (Wildman–Crippen MR) is 134 cm³/mol. The van der Waals surface area contributed by atoms with Crippen LogP contribution in [0.4, 0.5) is 0 Å². The van der Waals surface area contributed by atoms with Gasteiger partial charge in [0.15, 0.2) is 0 Å². The van der Waals surface area contributed by atoms with Gasteiger partial charge in [-0.3, -0.25) is 14.5 Å². The van der Waals surface area contributed by atoms with Crippen LogP contribution in [-0.2, 0) is 11.3 Å². The molecule has 0 saturated carbocycles. The molecule has 0 aliphatic carbocycles. The van der Waals surface area contributed by atoms with Gasteiger partial charge < -0.3 is 14.7 Å². The van der Waals surface area contributed by atoms with Crippen molar-refractivity contribution < 1.29 is 14.1 Å². The lowest BCUT2D eigenvalue weighted by Gasteiger charge is -2.34. The molecule has 1 fully saturated rings. The number of rotatable bonds is 7. The summed E-state index contributed by atoms with van der Waals surface area (Å²) in [5, 5.41) is 8.77. The summed E-state index contributed by atoms with van der Waals surface area (Å²) >= 11 is 1.57. The van der Waals surface area contributed by atoms with Gasteiger partial charge in [0.1, 0.15) is 0 Å². The minimum Gasteiger partial charge on any atom is -0.343 e. The molecular weight excluding hydrogens is 462 g/mol. The van der Waals surface area contributed by atoms with E-state index in [9.17, 15) is 9.59 Å². The van der Waals surface area contributed by atoms with Crippen LogP contribution in [0.25, 0.3) is 21.8 Å². The van der Waals surface area contributed by atoms with Crippen molar-refractivity contribution >= 4 is 23.2 Å². The van der Waals surface area contributed by atoms with Gasteiger partial charge in [-0.15, -0.1) is 11.3 Å². The lowest BCUT2D eigenvalue weighted by molar-refractivity contribution is -0.131. The Morgan fingerprint density at radius 3 is 2.37 bits per heavy atom. The summed E-state index contributed by atoms with van der Waals surface area (Å²) in [5.74, 6) is 0.833. The van der Waals surface area contributed by atoms with E-state index < -0.39 is 0 Å². The first-order valence-corrected chi connectivity index (χ1v) is 12.3. The fraction of sp³-hybridized carbons (Fsp3) is 0.231. The van der Waals surface area contributed by atoms with Crippen molar-refractivity contribution in [2.24, 2.45) is 0 Å². The van der Waals surface area contributed by atoms with Crippen LogP contribution in [0.5, 0.6) is 0 Å². The zero-order chi connectivity index (χ0) is 24.0. The van der Waals surface area contributed by atoms with Gasteiger partial charge >= 0.3 is 0 Å². The number of hydrogen-bond donors (Lipinski definition) is 1. The van der Waals surface area contributed by atoms with Crippen molar-refractivity contribution in [1.29, 1.82) is 0 Å². The molecule has 5 rings (SSSR count). The number of nitrogens with zero attached hydrogens (tertiary/aromatic N) is 4. The molecule has 4 aromatic rings. The fourth-order valence-corrected chi connectivity index (χ4v) is 4.64. The van der Waals surface area contributed by atoms with Gasteiger partial charge in [-0.2, -0.15) is 4.98 Å². The van der Waals surface area contributed by atoms with Crippen LogP contribution in [0.3, 0.4) is 0 Å². The second kappa shape index (κ2) is 10.6. The Bertz CT molecular complexity index is 1260. The molecule has 178 valence electrons. The van der Waals surface area contributed by atoms with E-state index in [1.54, 1.807) is 28.4 Å². The van der Waals surface area contributed by atoms with Gasteiger partial charge in [-0.05, 0) is 34.7 Å². The van der Waals surface area contributed by atoms with E-state index in [4.69, 9.17) is 4.52 Å². The highest BCUT2D eigenvalue weighted by Crippen LogP contribution is 2.22. The maximum atomic E-state index is 12.6. The summed E-state index contributed by atoms with van der Waals surface area (Å²) in [4.78, 5) is 34.5. The van der Waals surface area contributed by atoms with Crippen LogP contribution >= 0.6 is 11.3 Å². The first-order valence-electron chi connectivity index (χ1n) is 11.5. The Kier molecular flexibility index (Phi) is 6.97. The van der Waals surface area contributed by atoms with Crippen molar-refractivity contribution in [1.82, 2.24) is 25.3 Å². The van der Waals surface area contributed by atoms with Crippen molar-refractivity contribution in [3.05, 3.63) is 83.6 Å². The van der Waals surface area contributed by atoms with E-state index in [0.717, 1.165) is 16.0 Å². The molecule has 35 heavy (non-hydrogen) atoms. The standard InChI is InChI=1S/C26H25N5O3S/c32-24(17-27-26(33)21-10-8-20(9-11-21)19-5-2-1-3-6-19)31-14-12-30(13-15-31)18-23-28-25(29-34-23)22-7-4-16-35-22/h1-11,16H,12-15,17-18H2,(H,27,33). The molecule has 0 bridgehead atoms. The highest BCUT2D eigenvalue weighted by atomic mass is 32.1. The number of carbonyl (C=O) groups is 2. The van der Waals surface area contributed by atoms with Crippen LogP contribution in [0.1, 0.15) is 16.2 Å². The SMILES string of the molecule is O=C(NCC(=O)N1CCN(Cc2nc(-c3cccs3)no2)CC1)c1ccc(-c2ccccc2)cc1. The third-order valence-electron chi connectivity index (χ3n) is 5.95. The summed E-state index contributed by atoms with van der Waals surface area (Å²) in [6.07, 6.45) is 0. The minimum atomic E-state index is -0.255. The number of nitrogens with one attached hydrogen (secondary N) is 1. The normalized spacial score (nSPS) is 14.1. The molecular formula is C26H25N5O3S. The zero-order valence-corrected chi connectivity index (χ0v) is 19.9. The van der Waals surface area contributed by atoms with E-state index >= 15 is 0 Å². The largest absolute Gasteiger partial charge is 0.343 e. The van der Waals surface area contributed by atoms with E-state index in [2.05, 4.69) is 20.4 Å². The predicted octanol–water partition coefficient (Wildman–Crippen LogP) is 3.54. The summed E-state index contributed by atoms with van der Waals surface area (Å²) in [7, 11) is 0. The molecule has 1 aliphatic rings. The van der Waals surface area contributed by atoms with E-state index in [0.29, 0.717) is 50.0 Å². The highest BCUT2D eigenvalue weighted by Gasteiger charge is 2.23. The summed E-state index contributed by atoms with van der Waals surface area (Å²) in [5.41, 5.74) is 2.67. The Hall–Kier alpha value is -3.82. The van der Waals surface area contributed by atoms with Gasteiger partial charge in [-0.25, -0.2) is 0 Å². The van der Waals surface area contributed by atoms with Gasteiger partial charge in [0.2, 0.25) is 17.6 Å². The molecule has 2 aromatic carbocycles.